The molecule has 9 heteroatoms. The van der Waals surface area contributed by atoms with Gasteiger partial charge in [0.15, 0.2) is 16.6 Å². The summed E-state index contributed by atoms with van der Waals surface area (Å²) >= 11 is 0. The van der Waals surface area contributed by atoms with Crippen LogP contribution in [-0.4, -0.2) is 44.5 Å². The van der Waals surface area contributed by atoms with Crippen LogP contribution in [0.25, 0.3) is 0 Å². The average Bonchev–Trinajstić information content (AvgIpc) is 1.92. The van der Waals surface area contributed by atoms with Gasteiger partial charge in [0.05, 0.1) is 0 Å². The fraction of sp³-hybridized carbons (Fsp3) is 1.00. The molecule has 0 aromatic rings. The summed E-state index contributed by atoms with van der Waals surface area (Å²) in [5.41, 5.74) is 0. The first kappa shape index (κ1) is 18.9. The normalized spacial score (nSPS) is 14.0. The van der Waals surface area contributed by atoms with Gasteiger partial charge in [0.1, 0.15) is 0 Å². The highest BCUT2D eigenvalue weighted by molar-refractivity contribution is 6.78. The first-order valence-corrected chi connectivity index (χ1v) is 18.4. The molecule has 0 amide bonds. The van der Waals surface area contributed by atoms with Crippen LogP contribution < -0.4 is 0 Å². The Morgan fingerprint density at radius 2 is 0.833 bits per heavy atom. The van der Waals surface area contributed by atoms with Crippen LogP contribution in [0.1, 0.15) is 0 Å². The molecule has 0 unspecified atom stereocenters. The summed E-state index contributed by atoms with van der Waals surface area (Å²) in [6.07, 6.45) is 0. The van der Waals surface area contributed by atoms with E-state index >= 15 is 0 Å². The summed E-state index contributed by atoms with van der Waals surface area (Å²) in [7, 11) is -6.61. The molecular weight excluding hydrogens is 313 g/mol. The van der Waals surface area contributed by atoms with E-state index in [2.05, 4.69) is 39.3 Å². The quantitative estimate of drug-likeness (QED) is 0.637. The third-order valence-electron chi connectivity index (χ3n) is 1.47. The Kier molecular flexibility index (Phi) is 8.03. The lowest BCUT2D eigenvalue weighted by atomic mass is 11.8. The molecule has 0 aromatic carbocycles. The molecule has 3 radical (unpaired) electrons. The number of hydrogen-bond donors (Lipinski definition) is 0. The summed E-state index contributed by atoms with van der Waals surface area (Å²) in [6, 6.07) is 0. The second kappa shape index (κ2) is 7.64. The van der Waals surface area contributed by atoms with Gasteiger partial charge in [-0.15, -0.1) is 0 Å². The van der Waals surface area contributed by atoms with Gasteiger partial charge in [0.25, 0.3) is 0 Å². The maximum atomic E-state index is 5.93. The van der Waals surface area contributed by atoms with Crippen molar-refractivity contribution in [1.29, 1.82) is 0 Å². The molecule has 0 heterocycles. The van der Waals surface area contributed by atoms with Crippen molar-refractivity contribution in [2.75, 3.05) is 0 Å². The van der Waals surface area contributed by atoms with E-state index in [1.54, 1.807) is 0 Å². The number of rotatable bonds is 8. The topological polar surface area (TPSA) is 36.9 Å². The van der Waals surface area contributed by atoms with Gasteiger partial charge in [0.2, 0.25) is 0 Å². The Hall–Kier alpha value is 0.924. The molecule has 0 spiro atoms. The van der Waals surface area contributed by atoms with E-state index in [0.29, 0.717) is 0 Å². The largest absolute Gasteiger partial charge is 0.436 e. The maximum absolute atomic E-state index is 5.93. The van der Waals surface area contributed by atoms with Gasteiger partial charge in [-0.3, -0.25) is 0 Å². The molecule has 18 heavy (non-hydrogen) atoms. The van der Waals surface area contributed by atoms with Crippen LogP contribution in [0.5, 0.6) is 0 Å². The Bertz CT molecular complexity index is 216. The smallest absolute Gasteiger partial charge is 0.362 e. The third kappa shape index (κ3) is 12.0. The minimum Gasteiger partial charge on any atom is -0.436 e. The van der Waals surface area contributed by atoms with Crippen molar-refractivity contribution in [3.05, 3.63) is 0 Å². The number of hydrogen-bond acceptors (Lipinski definition) is 4. The van der Waals surface area contributed by atoms with Crippen molar-refractivity contribution >= 4 is 44.5 Å². The molecule has 0 aliphatic carbocycles. The molecule has 4 nitrogen and oxygen atoms in total. The highest BCUT2D eigenvalue weighted by Crippen LogP contribution is 2.09. The first-order chi connectivity index (χ1) is 7.89. The zero-order valence-corrected chi connectivity index (χ0v) is 18.1. The van der Waals surface area contributed by atoms with Crippen LogP contribution in [0.4, 0.5) is 0 Å². The Morgan fingerprint density at radius 1 is 0.556 bits per heavy atom. The third-order valence-corrected chi connectivity index (χ3v) is 13.3. The highest BCUT2D eigenvalue weighted by atomic mass is 28.5. The SMILES string of the molecule is C[Si](O[Si](C)O[Si](C)(C)C)O[Si](C)O[Si](C)(C)C. The Morgan fingerprint density at radius 3 is 1.06 bits per heavy atom. The van der Waals surface area contributed by atoms with Crippen LogP contribution in [0.3, 0.4) is 0 Å². The van der Waals surface area contributed by atoms with Gasteiger partial charge in [0, 0.05) is 0 Å². The zero-order valence-electron chi connectivity index (χ0n) is 13.1. The second-order valence-electron chi connectivity index (χ2n) is 6.11. The van der Waals surface area contributed by atoms with Gasteiger partial charge in [-0.25, -0.2) is 0 Å². The predicted molar refractivity (Wildman–Crippen MR) is 85.9 cm³/mol. The molecule has 0 rings (SSSR count). The fourth-order valence-corrected chi connectivity index (χ4v) is 13.1. The van der Waals surface area contributed by atoms with Crippen molar-refractivity contribution in [3.63, 3.8) is 0 Å². The molecule has 0 N–H and O–H groups in total. The van der Waals surface area contributed by atoms with Crippen LogP contribution in [-0.2, 0) is 16.5 Å². The Balaban J connectivity index is 4.00. The van der Waals surface area contributed by atoms with E-state index < -0.39 is 44.5 Å². The maximum Gasteiger partial charge on any atom is 0.362 e. The van der Waals surface area contributed by atoms with Crippen molar-refractivity contribution in [2.24, 2.45) is 0 Å². The molecule has 0 aromatic heterocycles. The van der Waals surface area contributed by atoms with E-state index in [1.165, 1.54) is 0 Å². The molecular formula is C9H27O4Si5. The van der Waals surface area contributed by atoms with E-state index in [0.717, 1.165) is 0 Å². The van der Waals surface area contributed by atoms with E-state index in [9.17, 15) is 0 Å². The molecule has 0 aliphatic rings. The molecule has 0 bridgehead atoms. The molecule has 0 atom stereocenters. The van der Waals surface area contributed by atoms with Gasteiger partial charge in [-0.2, -0.15) is 0 Å². The van der Waals surface area contributed by atoms with Crippen molar-refractivity contribution < 1.29 is 16.5 Å². The first-order valence-electron chi connectivity index (χ1n) is 6.13. The highest BCUT2D eigenvalue weighted by Gasteiger charge is 2.27. The molecule has 0 saturated heterocycles. The van der Waals surface area contributed by atoms with Crippen LogP contribution in [0.15, 0.2) is 0 Å². The van der Waals surface area contributed by atoms with Crippen LogP contribution in [0, 0.1) is 0 Å². The summed E-state index contributed by atoms with van der Waals surface area (Å²) in [5.74, 6) is 0. The average molecular weight is 340 g/mol. The van der Waals surface area contributed by atoms with Crippen molar-refractivity contribution in [1.82, 2.24) is 0 Å². The monoisotopic (exact) mass is 339 g/mol. The standard InChI is InChI=1S/C9H27O4Si5/c1-14(10-15(2)12-17(4,5)6)11-16(3)13-18(7,8)9/h1-9H3. The lowest BCUT2D eigenvalue weighted by Gasteiger charge is -2.26. The Labute approximate surface area is 120 Å². The van der Waals surface area contributed by atoms with Crippen LogP contribution >= 0.6 is 0 Å². The zero-order chi connectivity index (χ0) is 14.6. The van der Waals surface area contributed by atoms with E-state index in [1.807, 2.05) is 19.6 Å². The molecule has 107 valence electrons. The van der Waals surface area contributed by atoms with Crippen molar-refractivity contribution in [2.45, 2.75) is 58.9 Å². The fourth-order valence-electron chi connectivity index (χ4n) is 1.33. The molecule has 0 fully saturated rings. The lowest BCUT2D eigenvalue weighted by molar-refractivity contribution is 0.349. The summed E-state index contributed by atoms with van der Waals surface area (Å²) in [4.78, 5) is 0. The predicted octanol–water partition coefficient (Wildman–Crippen LogP) is 3.08. The van der Waals surface area contributed by atoms with Gasteiger partial charge < -0.3 is 16.5 Å². The minimum atomic E-state index is -1.50. The van der Waals surface area contributed by atoms with Crippen molar-refractivity contribution in [3.8, 4) is 0 Å². The molecule has 0 saturated carbocycles. The van der Waals surface area contributed by atoms with Gasteiger partial charge >= 0.3 is 27.9 Å². The molecule has 0 aliphatic heterocycles. The summed E-state index contributed by atoms with van der Waals surface area (Å²) in [5, 5.41) is 0. The summed E-state index contributed by atoms with van der Waals surface area (Å²) < 4.78 is 23.6. The second-order valence-corrected chi connectivity index (χ2v) is 20.8. The van der Waals surface area contributed by atoms with Crippen LogP contribution in [0.2, 0.25) is 58.9 Å². The van der Waals surface area contributed by atoms with E-state index in [-0.39, 0.29) is 0 Å². The van der Waals surface area contributed by atoms with E-state index in [4.69, 9.17) is 16.5 Å². The summed E-state index contributed by atoms with van der Waals surface area (Å²) in [6.45, 7) is 19.2. The van der Waals surface area contributed by atoms with Gasteiger partial charge in [-0.1, -0.05) is 0 Å². The minimum absolute atomic E-state index is 1.18. The lowest BCUT2D eigenvalue weighted by Crippen LogP contribution is -2.42. The van der Waals surface area contributed by atoms with Gasteiger partial charge in [-0.05, 0) is 58.9 Å².